The fraction of sp³-hybridized carbons (Fsp3) is 0.667. The first-order chi connectivity index (χ1) is 14.4. The lowest BCUT2D eigenvalue weighted by Crippen LogP contribution is -2.21. The number of aryl methyl sites for hydroxylation is 1. The average Bonchev–Trinajstić information content (AvgIpc) is 3.15. The highest BCUT2D eigenvalue weighted by Gasteiger charge is 2.13. The van der Waals surface area contributed by atoms with Crippen LogP contribution in [-0.4, -0.2) is 43.0 Å². The summed E-state index contributed by atoms with van der Waals surface area (Å²) < 4.78 is 31.8. The summed E-state index contributed by atoms with van der Waals surface area (Å²) in [6.07, 6.45) is 17.5. The zero-order valence-electron chi connectivity index (χ0n) is 19.2. The maximum atomic E-state index is 11.3. The molecular weight excluding hydrogens is 396 g/mol. The Morgan fingerprint density at radius 3 is 1.90 bits per heavy atom. The van der Waals surface area contributed by atoms with E-state index in [4.69, 9.17) is 0 Å². The minimum atomic E-state index is -4.10. The molecule has 0 aromatic heterocycles. The van der Waals surface area contributed by atoms with Gasteiger partial charge in [0, 0.05) is 26.0 Å². The lowest BCUT2D eigenvalue weighted by Gasteiger charge is -2.14. The molecule has 1 aromatic carbocycles. The van der Waals surface area contributed by atoms with Crippen molar-refractivity contribution in [3.8, 4) is 0 Å². The highest BCUT2D eigenvalue weighted by Crippen LogP contribution is 2.18. The average molecular weight is 439 g/mol. The molecule has 30 heavy (non-hydrogen) atoms. The van der Waals surface area contributed by atoms with Crippen molar-refractivity contribution in [2.75, 3.05) is 20.3 Å². The van der Waals surface area contributed by atoms with Crippen LogP contribution in [0, 0.1) is 0 Å². The predicted molar refractivity (Wildman–Crippen MR) is 126 cm³/mol. The Morgan fingerprint density at radius 2 is 1.43 bits per heavy atom. The second-order valence-corrected chi connectivity index (χ2v) is 9.51. The molecule has 0 bridgehead atoms. The molecule has 1 aliphatic heterocycles. The third-order valence-electron chi connectivity index (χ3n) is 5.39. The van der Waals surface area contributed by atoms with Crippen LogP contribution in [0.25, 0.3) is 0 Å². The molecule has 0 amide bonds. The van der Waals surface area contributed by atoms with Gasteiger partial charge in [-0.05, 0) is 31.4 Å². The van der Waals surface area contributed by atoms with E-state index in [1.165, 1.54) is 57.4 Å². The van der Waals surface area contributed by atoms with Crippen molar-refractivity contribution in [3.63, 3.8) is 0 Å². The van der Waals surface area contributed by atoms with Crippen molar-refractivity contribution in [2.24, 2.45) is 0 Å². The molecule has 5 nitrogen and oxygen atoms in total. The van der Waals surface area contributed by atoms with E-state index in [1.54, 1.807) is 12.1 Å². The zero-order chi connectivity index (χ0) is 22.2. The van der Waals surface area contributed by atoms with Gasteiger partial charge in [0.25, 0.3) is 10.1 Å². The van der Waals surface area contributed by atoms with E-state index in [0.717, 1.165) is 31.6 Å². The third kappa shape index (κ3) is 11.6. The lowest BCUT2D eigenvalue weighted by molar-refractivity contribution is 0.308. The molecule has 0 unspecified atom stereocenters. The molecule has 1 heterocycles. The molecule has 6 heteroatoms. The Kier molecular flexibility index (Phi) is 13.5. The normalized spacial score (nSPS) is 13.5. The Morgan fingerprint density at radius 1 is 0.867 bits per heavy atom. The Bertz CT molecular complexity index is 704. The van der Waals surface area contributed by atoms with Crippen LogP contribution in [0.4, 0.5) is 0 Å². The maximum absolute atomic E-state index is 11.3. The van der Waals surface area contributed by atoms with Crippen LogP contribution in [-0.2, 0) is 16.5 Å². The van der Waals surface area contributed by atoms with Gasteiger partial charge in [0.2, 0.25) is 0 Å². The third-order valence-corrected chi connectivity index (χ3v) is 6.35. The molecule has 172 valence electrons. The van der Waals surface area contributed by atoms with E-state index in [-0.39, 0.29) is 4.90 Å². The van der Waals surface area contributed by atoms with Crippen LogP contribution in [0.15, 0.2) is 41.6 Å². The van der Waals surface area contributed by atoms with Gasteiger partial charge in [0.05, 0.1) is 11.6 Å². The summed E-state index contributed by atoms with van der Waals surface area (Å²) >= 11 is 0. The molecular formula is C24H42N2O3S. The Balaban J connectivity index is 0.000000467. The molecule has 0 atom stereocenters. The van der Waals surface area contributed by atoms with Gasteiger partial charge in [-0.2, -0.15) is 8.42 Å². The van der Waals surface area contributed by atoms with Crippen molar-refractivity contribution in [1.29, 1.82) is 0 Å². The molecule has 2 rings (SSSR count). The highest BCUT2D eigenvalue weighted by atomic mass is 32.2. The molecule has 0 spiro atoms. The summed E-state index contributed by atoms with van der Waals surface area (Å²) in [6, 6.07) is 6.73. The van der Waals surface area contributed by atoms with Crippen LogP contribution in [0.2, 0.25) is 0 Å². The minimum Gasteiger partial charge on any atom is -0.362 e. The van der Waals surface area contributed by atoms with Crippen LogP contribution in [0.5, 0.6) is 0 Å². The fourth-order valence-corrected chi connectivity index (χ4v) is 4.31. The van der Waals surface area contributed by atoms with E-state index in [2.05, 4.69) is 43.1 Å². The van der Waals surface area contributed by atoms with Gasteiger partial charge in [0.15, 0.2) is 0 Å². The quantitative estimate of drug-likeness (QED) is 0.299. The molecule has 0 fully saturated rings. The molecule has 1 aromatic rings. The summed E-state index contributed by atoms with van der Waals surface area (Å²) in [5.74, 6) is 0. The van der Waals surface area contributed by atoms with E-state index < -0.39 is 10.1 Å². The topological polar surface area (TPSA) is 60.9 Å². The van der Waals surface area contributed by atoms with Crippen LogP contribution < -0.4 is 0 Å². The first kappa shape index (κ1) is 26.5. The fourth-order valence-electron chi connectivity index (χ4n) is 3.56. The molecule has 0 saturated heterocycles. The largest absolute Gasteiger partial charge is 0.362 e. The number of hydrogen-bond donors (Lipinski definition) is 1. The summed E-state index contributed by atoms with van der Waals surface area (Å²) in [7, 11) is -2.02. The number of benzene rings is 1. The smallest absolute Gasteiger partial charge is 0.294 e. The standard InChI is InChI=1S/C18H30O3S.C6H12N2/c1-2-3-4-5-6-7-8-9-10-11-14-17-15-12-13-16-18(17)22(19,20)21;1-3-8-5-4-7(2)6-8/h12-13,15-16H,2-11,14H2,1H3,(H,19,20,21);4-5H,3,6H2,1-2H3. The SMILES string of the molecule is CCCCCCCCCCCCc1ccccc1S(=O)(=O)O.CCN1C=CN(C)C1. The van der Waals surface area contributed by atoms with Gasteiger partial charge in [-0.25, -0.2) is 0 Å². The number of unbranched alkanes of at least 4 members (excludes halogenated alkanes) is 9. The predicted octanol–water partition coefficient (Wildman–Crippen LogP) is 6.08. The Labute approximate surface area is 184 Å². The van der Waals surface area contributed by atoms with Crippen molar-refractivity contribution in [3.05, 3.63) is 42.2 Å². The van der Waals surface area contributed by atoms with E-state index >= 15 is 0 Å². The van der Waals surface area contributed by atoms with Gasteiger partial charge in [-0.15, -0.1) is 0 Å². The highest BCUT2D eigenvalue weighted by molar-refractivity contribution is 7.85. The van der Waals surface area contributed by atoms with Crippen molar-refractivity contribution in [2.45, 2.75) is 89.4 Å². The van der Waals surface area contributed by atoms with Crippen LogP contribution >= 0.6 is 0 Å². The van der Waals surface area contributed by atoms with Gasteiger partial charge in [-0.1, -0.05) is 82.9 Å². The second kappa shape index (κ2) is 15.3. The summed E-state index contributed by atoms with van der Waals surface area (Å²) in [5.41, 5.74) is 0.726. The van der Waals surface area contributed by atoms with Gasteiger partial charge in [-0.3, -0.25) is 4.55 Å². The van der Waals surface area contributed by atoms with Gasteiger partial charge >= 0.3 is 0 Å². The van der Waals surface area contributed by atoms with E-state index in [1.807, 2.05) is 6.07 Å². The van der Waals surface area contributed by atoms with Crippen molar-refractivity contribution in [1.82, 2.24) is 9.80 Å². The zero-order valence-corrected chi connectivity index (χ0v) is 20.0. The van der Waals surface area contributed by atoms with E-state index in [9.17, 15) is 13.0 Å². The van der Waals surface area contributed by atoms with Crippen LogP contribution in [0.3, 0.4) is 0 Å². The molecule has 0 radical (unpaired) electrons. The first-order valence-corrected chi connectivity index (χ1v) is 13.0. The monoisotopic (exact) mass is 438 g/mol. The summed E-state index contributed by atoms with van der Waals surface area (Å²) in [5, 5.41) is 0. The van der Waals surface area contributed by atoms with Crippen LogP contribution in [0.1, 0.15) is 83.6 Å². The summed E-state index contributed by atoms with van der Waals surface area (Å²) in [6.45, 7) is 6.56. The minimum absolute atomic E-state index is 0.0610. The molecule has 0 aliphatic carbocycles. The number of hydrogen-bond acceptors (Lipinski definition) is 4. The van der Waals surface area contributed by atoms with Gasteiger partial charge in [0.1, 0.15) is 0 Å². The first-order valence-electron chi connectivity index (χ1n) is 11.6. The molecule has 0 saturated carbocycles. The van der Waals surface area contributed by atoms with Gasteiger partial charge < -0.3 is 9.80 Å². The molecule has 1 N–H and O–H groups in total. The number of nitrogens with zero attached hydrogens (tertiary/aromatic N) is 2. The Hall–Kier alpha value is -1.53. The van der Waals surface area contributed by atoms with E-state index in [0.29, 0.717) is 6.42 Å². The second-order valence-electron chi connectivity index (χ2n) is 8.12. The maximum Gasteiger partial charge on any atom is 0.294 e. The summed E-state index contributed by atoms with van der Waals surface area (Å²) in [4.78, 5) is 4.47. The lowest BCUT2D eigenvalue weighted by atomic mass is 10.0. The molecule has 1 aliphatic rings. The van der Waals surface area contributed by atoms with Crippen molar-refractivity contribution >= 4 is 10.1 Å². The van der Waals surface area contributed by atoms with Crippen molar-refractivity contribution < 1.29 is 13.0 Å². The number of rotatable bonds is 13.